The second-order valence-corrected chi connectivity index (χ2v) is 7.09. The van der Waals surface area contributed by atoms with Crippen molar-refractivity contribution in [2.75, 3.05) is 0 Å². The van der Waals surface area contributed by atoms with Crippen molar-refractivity contribution >= 4 is 22.8 Å². The molecule has 0 unspecified atom stereocenters. The van der Waals surface area contributed by atoms with Gasteiger partial charge in [-0.05, 0) is 30.7 Å². The van der Waals surface area contributed by atoms with Crippen LogP contribution < -0.4 is 16.0 Å². The van der Waals surface area contributed by atoms with Crippen LogP contribution in [-0.2, 0) is 6.61 Å². The first-order valence-electron chi connectivity index (χ1n) is 9.67. The van der Waals surface area contributed by atoms with Gasteiger partial charge in [0.15, 0.2) is 0 Å². The van der Waals surface area contributed by atoms with Crippen molar-refractivity contribution in [1.29, 1.82) is 0 Å². The van der Waals surface area contributed by atoms with E-state index < -0.39 is 16.2 Å². The molecule has 0 amide bonds. The molecule has 0 aliphatic heterocycles. The second kappa shape index (κ2) is 8.68. The Morgan fingerprint density at radius 2 is 1.84 bits per heavy atom. The molecule has 1 heterocycles. The van der Waals surface area contributed by atoms with Crippen LogP contribution in [0, 0.1) is 17.0 Å². The average molecular weight is 430 g/mol. The van der Waals surface area contributed by atoms with Gasteiger partial charge >= 0.3 is 5.69 Å². The van der Waals surface area contributed by atoms with Crippen LogP contribution in [0.15, 0.2) is 81.4 Å². The maximum absolute atomic E-state index is 12.7. The lowest BCUT2D eigenvalue weighted by molar-refractivity contribution is -0.384. The van der Waals surface area contributed by atoms with Crippen molar-refractivity contribution in [3.63, 3.8) is 0 Å². The molecule has 1 N–H and O–H groups in total. The fourth-order valence-corrected chi connectivity index (χ4v) is 3.11. The molecule has 4 rings (SSSR count). The number of aromatic amines is 1. The van der Waals surface area contributed by atoms with Gasteiger partial charge in [-0.25, -0.2) is 4.79 Å². The van der Waals surface area contributed by atoms with Gasteiger partial charge < -0.3 is 9.72 Å². The quantitative estimate of drug-likeness (QED) is 0.286. The largest absolute Gasteiger partial charge is 0.488 e. The molecule has 0 saturated carbocycles. The molecular weight excluding hydrogens is 412 g/mol. The fraction of sp³-hybridized carbons (Fsp3) is 0.0870. The highest BCUT2D eigenvalue weighted by Gasteiger charge is 2.12. The van der Waals surface area contributed by atoms with E-state index in [0.717, 1.165) is 11.1 Å². The lowest BCUT2D eigenvalue weighted by Gasteiger charge is -2.09. The number of benzene rings is 3. The first-order chi connectivity index (χ1) is 15.4. The van der Waals surface area contributed by atoms with Crippen LogP contribution in [0.2, 0.25) is 0 Å². The summed E-state index contributed by atoms with van der Waals surface area (Å²) in [5.41, 5.74) is 1.18. The molecule has 9 heteroatoms. The molecule has 4 aromatic rings. The number of non-ortho nitro benzene ring substituents is 1. The maximum atomic E-state index is 12.7. The number of fused-ring (bicyclic) bond motifs is 1. The molecule has 0 spiro atoms. The number of nitrogens with one attached hydrogen (secondary N) is 1. The molecule has 9 nitrogen and oxygen atoms in total. The number of nitro benzene ring substituents is 1. The van der Waals surface area contributed by atoms with Gasteiger partial charge in [-0.15, -0.1) is 4.68 Å². The van der Waals surface area contributed by atoms with E-state index in [0.29, 0.717) is 21.3 Å². The van der Waals surface area contributed by atoms with E-state index in [1.54, 1.807) is 24.3 Å². The number of ether oxygens (including phenoxy) is 1. The highest BCUT2D eigenvalue weighted by Crippen LogP contribution is 2.24. The normalized spacial score (nSPS) is 11.2. The summed E-state index contributed by atoms with van der Waals surface area (Å²) < 4.78 is 6.50. The van der Waals surface area contributed by atoms with Crippen molar-refractivity contribution in [3.05, 3.63) is 114 Å². The number of H-pyrrole nitrogens is 1. The van der Waals surface area contributed by atoms with E-state index in [9.17, 15) is 19.7 Å². The van der Waals surface area contributed by atoms with Crippen LogP contribution in [0.5, 0.6) is 5.75 Å². The summed E-state index contributed by atoms with van der Waals surface area (Å²) in [6, 6.07) is 18.4. The van der Waals surface area contributed by atoms with Crippen molar-refractivity contribution in [3.8, 4) is 5.75 Å². The van der Waals surface area contributed by atoms with Crippen molar-refractivity contribution in [1.82, 2.24) is 9.66 Å². The minimum atomic E-state index is -0.725. The third kappa shape index (κ3) is 4.31. The van der Waals surface area contributed by atoms with Gasteiger partial charge in [-0.1, -0.05) is 42.0 Å². The van der Waals surface area contributed by atoms with Crippen LogP contribution in [0.4, 0.5) is 5.69 Å². The molecule has 0 aliphatic rings. The molecule has 0 radical (unpaired) electrons. The Balaban J connectivity index is 1.71. The monoisotopic (exact) mass is 430 g/mol. The van der Waals surface area contributed by atoms with Gasteiger partial charge in [0.2, 0.25) is 0 Å². The average Bonchev–Trinajstić information content (AvgIpc) is 2.79. The van der Waals surface area contributed by atoms with E-state index in [1.165, 1.54) is 24.4 Å². The molecular formula is C23H18N4O5. The fourth-order valence-electron chi connectivity index (χ4n) is 3.11. The second-order valence-electron chi connectivity index (χ2n) is 7.09. The smallest absolute Gasteiger partial charge is 0.349 e. The standard InChI is InChI=1S/C23H18N4O5/c1-15-6-8-16(9-7-15)14-32-21-11-10-18(27(30)31)12-17(21)13-24-26-22(28)19-4-2-3-5-20(19)25-23(26)29/h2-13H,14H2,1H3,(H,25,29). The summed E-state index contributed by atoms with van der Waals surface area (Å²) in [5, 5.41) is 15.5. The van der Waals surface area contributed by atoms with Gasteiger partial charge in [0.1, 0.15) is 12.4 Å². The number of nitro groups is 1. The molecule has 0 aliphatic carbocycles. The third-order valence-electron chi connectivity index (χ3n) is 4.82. The molecule has 0 bridgehead atoms. The summed E-state index contributed by atoms with van der Waals surface area (Å²) in [7, 11) is 0. The topological polar surface area (TPSA) is 120 Å². The van der Waals surface area contributed by atoms with Gasteiger partial charge in [-0.3, -0.25) is 14.9 Å². The Hall–Kier alpha value is -4.53. The summed E-state index contributed by atoms with van der Waals surface area (Å²) >= 11 is 0. The molecule has 1 aromatic heterocycles. The van der Waals surface area contributed by atoms with E-state index >= 15 is 0 Å². The van der Waals surface area contributed by atoms with E-state index in [4.69, 9.17) is 4.74 Å². The number of para-hydroxylation sites is 1. The van der Waals surface area contributed by atoms with Crippen LogP contribution in [0.1, 0.15) is 16.7 Å². The predicted molar refractivity (Wildman–Crippen MR) is 120 cm³/mol. The van der Waals surface area contributed by atoms with Gasteiger partial charge in [0.25, 0.3) is 11.2 Å². The number of hydrogen-bond donors (Lipinski definition) is 1. The number of rotatable bonds is 6. The Kier molecular flexibility index (Phi) is 5.63. The van der Waals surface area contributed by atoms with Gasteiger partial charge in [0.05, 0.1) is 22.0 Å². The maximum Gasteiger partial charge on any atom is 0.349 e. The highest BCUT2D eigenvalue weighted by atomic mass is 16.6. The zero-order valence-corrected chi connectivity index (χ0v) is 17.0. The van der Waals surface area contributed by atoms with Crippen molar-refractivity contribution in [2.45, 2.75) is 13.5 Å². The molecule has 0 atom stereocenters. The number of hydrogen-bond acceptors (Lipinski definition) is 6. The highest BCUT2D eigenvalue weighted by molar-refractivity contribution is 5.85. The SMILES string of the molecule is Cc1ccc(COc2ccc([N+](=O)[O-])cc2C=Nn2c(=O)[nH]c3ccccc3c2=O)cc1. The van der Waals surface area contributed by atoms with Gasteiger partial charge in [-0.2, -0.15) is 5.10 Å². The predicted octanol–water partition coefficient (Wildman–Crippen LogP) is 3.37. The van der Waals surface area contributed by atoms with Gasteiger partial charge in [0, 0.05) is 17.7 Å². The Labute approximate surface area is 181 Å². The lowest BCUT2D eigenvalue weighted by Crippen LogP contribution is -2.32. The minimum absolute atomic E-state index is 0.172. The van der Waals surface area contributed by atoms with E-state index in [1.807, 2.05) is 31.2 Å². The van der Waals surface area contributed by atoms with Crippen molar-refractivity contribution < 1.29 is 9.66 Å². The number of aryl methyl sites for hydroxylation is 1. The van der Waals surface area contributed by atoms with E-state index in [2.05, 4.69) is 10.1 Å². The van der Waals surface area contributed by atoms with Crippen LogP contribution in [0.3, 0.4) is 0 Å². The van der Waals surface area contributed by atoms with Crippen LogP contribution in [-0.4, -0.2) is 20.8 Å². The Morgan fingerprint density at radius 1 is 1.09 bits per heavy atom. The summed E-state index contributed by atoms with van der Waals surface area (Å²) in [5.74, 6) is 0.324. The zero-order chi connectivity index (χ0) is 22.7. The zero-order valence-electron chi connectivity index (χ0n) is 17.0. The molecule has 0 fully saturated rings. The molecule has 160 valence electrons. The summed E-state index contributed by atoms with van der Waals surface area (Å²) in [6.07, 6.45) is 1.20. The number of nitrogens with zero attached hydrogens (tertiary/aromatic N) is 3. The first kappa shape index (κ1) is 20.7. The first-order valence-corrected chi connectivity index (χ1v) is 9.67. The van der Waals surface area contributed by atoms with Crippen molar-refractivity contribution in [2.24, 2.45) is 5.10 Å². The molecule has 32 heavy (non-hydrogen) atoms. The molecule has 3 aromatic carbocycles. The minimum Gasteiger partial charge on any atom is -0.488 e. The third-order valence-corrected chi connectivity index (χ3v) is 4.82. The Morgan fingerprint density at radius 3 is 2.59 bits per heavy atom. The Bertz CT molecular complexity index is 1450. The van der Waals surface area contributed by atoms with E-state index in [-0.39, 0.29) is 17.9 Å². The number of aromatic nitrogens is 2. The van der Waals surface area contributed by atoms with Crippen LogP contribution in [0.25, 0.3) is 10.9 Å². The lowest BCUT2D eigenvalue weighted by atomic mass is 10.1. The summed E-state index contributed by atoms with van der Waals surface area (Å²) in [6.45, 7) is 2.21. The summed E-state index contributed by atoms with van der Waals surface area (Å²) in [4.78, 5) is 38.2. The van der Waals surface area contributed by atoms with Crippen LogP contribution >= 0.6 is 0 Å². The molecule has 0 saturated heterocycles.